The molecule has 8 nitrogen and oxygen atoms in total. The molecule has 3 aliphatic rings. The highest BCUT2D eigenvalue weighted by Gasteiger charge is 2.48. The van der Waals surface area contributed by atoms with Crippen molar-refractivity contribution in [2.45, 2.75) is 74.8 Å². The number of carbonyl (C=O) groups is 2. The summed E-state index contributed by atoms with van der Waals surface area (Å²) >= 11 is 0. The van der Waals surface area contributed by atoms with Gasteiger partial charge in [-0.2, -0.15) is 0 Å². The highest BCUT2D eigenvalue weighted by Crippen LogP contribution is 2.47. The molecule has 0 unspecified atom stereocenters. The smallest absolute Gasteiger partial charge is 0.303 e. The summed E-state index contributed by atoms with van der Waals surface area (Å²) in [6.45, 7) is 3.18. The number of nitrogens with one attached hydrogen (secondary N) is 1. The summed E-state index contributed by atoms with van der Waals surface area (Å²) in [5, 5.41) is 19.6. The van der Waals surface area contributed by atoms with Gasteiger partial charge >= 0.3 is 11.9 Å². The maximum atomic E-state index is 13.6. The first kappa shape index (κ1) is 28.1. The summed E-state index contributed by atoms with van der Waals surface area (Å²) < 4.78 is 25.5. The molecule has 3 heterocycles. The van der Waals surface area contributed by atoms with Crippen LogP contribution in [0.3, 0.4) is 0 Å². The van der Waals surface area contributed by atoms with Crippen LogP contribution in [0.5, 0.6) is 0 Å². The van der Waals surface area contributed by atoms with E-state index in [1.165, 1.54) is 17.3 Å². The van der Waals surface area contributed by atoms with Crippen LogP contribution in [0.1, 0.15) is 61.8 Å². The van der Waals surface area contributed by atoms with E-state index < -0.39 is 11.9 Å². The Labute approximate surface area is 222 Å². The molecule has 206 valence electrons. The molecule has 1 atom stereocenters. The van der Waals surface area contributed by atoms with E-state index in [-0.39, 0.29) is 29.7 Å². The lowest BCUT2D eigenvalue weighted by Crippen LogP contribution is -2.51. The molecule has 3 N–H and O–H groups in total. The second-order valence-electron chi connectivity index (χ2n) is 10.6. The zero-order valence-electron chi connectivity index (χ0n) is 21.7. The summed E-state index contributed by atoms with van der Waals surface area (Å²) in [6.07, 6.45) is 7.70. The van der Waals surface area contributed by atoms with Gasteiger partial charge in [0.2, 0.25) is 0 Å². The Morgan fingerprint density at radius 1 is 0.974 bits per heavy atom. The third kappa shape index (κ3) is 7.36. The van der Waals surface area contributed by atoms with Crippen molar-refractivity contribution in [2.75, 3.05) is 26.4 Å². The second-order valence-corrected chi connectivity index (χ2v) is 10.6. The quantitative estimate of drug-likeness (QED) is 0.472. The van der Waals surface area contributed by atoms with Gasteiger partial charge in [-0.25, -0.2) is 4.39 Å². The van der Waals surface area contributed by atoms with Gasteiger partial charge in [-0.3, -0.25) is 14.6 Å². The number of hydrogen-bond donors (Lipinski definition) is 3. The topological polar surface area (TPSA) is 118 Å². The second kappa shape index (κ2) is 12.8. The molecule has 9 heteroatoms. The molecule has 0 radical (unpaired) electrons. The van der Waals surface area contributed by atoms with E-state index >= 15 is 0 Å². The summed E-state index contributed by atoms with van der Waals surface area (Å²) in [6, 6.07) is 12.7. The number of carboxylic acids is 2. The highest BCUT2D eigenvalue weighted by atomic mass is 19.1. The average Bonchev–Trinajstić information content (AvgIpc) is 3.32. The monoisotopic (exact) mass is 528 g/mol. The summed E-state index contributed by atoms with van der Waals surface area (Å²) in [7, 11) is 0. The number of aliphatic carboxylic acids is 2. The number of aromatic nitrogens is 1. The minimum Gasteiger partial charge on any atom is -0.481 e. The van der Waals surface area contributed by atoms with Crippen molar-refractivity contribution < 1.29 is 33.7 Å². The first-order valence-corrected chi connectivity index (χ1v) is 13.4. The molecule has 0 saturated carbocycles. The number of halogens is 1. The van der Waals surface area contributed by atoms with E-state index in [1.807, 2.05) is 6.07 Å². The third-order valence-electron chi connectivity index (χ3n) is 7.96. The Morgan fingerprint density at radius 3 is 2.21 bits per heavy atom. The SMILES string of the molecule is Fc1ccc([C@]2(CCNC3Cc4ccccc4C3)CCOC3(CCOCC3)C2)nc1.O=C(O)CCC(=O)O. The largest absolute Gasteiger partial charge is 0.481 e. The Balaban J connectivity index is 0.000000368. The summed E-state index contributed by atoms with van der Waals surface area (Å²) in [5.74, 6) is -2.43. The lowest BCUT2D eigenvalue weighted by molar-refractivity contribution is -0.154. The zero-order valence-corrected chi connectivity index (χ0v) is 21.7. The van der Waals surface area contributed by atoms with Crippen molar-refractivity contribution in [3.63, 3.8) is 0 Å². The molecule has 5 rings (SSSR count). The van der Waals surface area contributed by atoms with Crippen molar-refractivity contribution in [3.8, 4) is 0 Å². The van der Waals surface area contributed by atoms with Crippen LogP contribution in [0.25, 0.3) is 0 Å². The van der Waals surface area contributed by atoms with Gasteiger partial charge < -0.3 is 25.0 Å². The number of pyridine rings is 1. The molecule has 0 amide bonds. The van der Waals surface area contributed by atoms with Gasteiger partial charge in [0.1, 0.15) is 5.82 Å². The van der Waals surface area contributed by atoms with Crippen LogP contribution in [-0.2, 0) is 37.3 Å². The minimum atomic E-state index is -1.08. The fourth-order valence-electron chi connectivity index (χ4n) is 5.97. The van der Waals surface area contributed by atoms with Gasteiger partial charge in [0, 0.05) is 37.0 Å². The molecule has 1 spiro atoms. The van der Waals surface area contributed by atoms with Crippen LogP contribution in [0.2, 0.25) is 0 Å². The number of carboxylic acid groups (broad SMARTS) is 2. The fraction of sp³-hybridized carbons (Fsp3) is 0.552. The van der Waals surface area contributed by atoms with Gasteiger partial charge in [0.05, 0.1) is 24.6 Å². The molecular formula is C29H37FN2O6. The lowest BCUT2D eigenvalue weighted by atomic mass is 9.66. The van der Waals surface area contributed by atoms with Gasteiger partial charge in [-0.15, -0.1) is 0 Å². The van der Waals surface area contributed by atoms with E-state index in [0.29, 0.717) is 6.04 Å². The van der Waals surface area contributed by atoms with Crippen LogP contribution >= 0.6 is 0 Å². The molecule has 2 aromatic rings. The predicted molar refractivity (Wildman–Crippen MR) is 139 cm³/mol. The molecular weight excluding hydrogens is 491 g/mol. The molecule has 0 bridgehead atoms. The average molecular weight is 529 g/mol. The van der Waals surface area contributed by atoms with Crippen molar-refractivity contribution >= 4 is 11.9 Å². The number of fused-ring (bicyclic) bond motifs is 1. The molecule has 1 aromatic heterocycles. The van der Waals surface area contributed by atoms with Crippen molar-refractivity contribution in [3.05, 3.63) is 65.2 Å². The number of hydrogen-bond acceptors (Lipinski definition) is 6. The molecule has 2 saturated heterocycles. The van der Waals surface area contributed by atoms with E-state index in [0.717, 1.165) is 77.0 Å². The van der Waals surface area contributed by atoms with Crippen molar-refractivity contribution in [1.82, 2.24) is 10.3 Å². The van der Waals surface area contributed by atoms with Crippen LogP contribution in [-0.4, -0.2) is 65.1 Å². The summed E-state index contributed by atoms with van der Waals surface area (Å²) in [5.41, 5.74) is 3.74. The van der Waals surface area contributed by atoms with E-state index in [9.17, 15) is 14.0 Å². The number of benzene rings is 1. The molecule has 2 aliphatic heterocycles. The standard InChI is InChI=1S/C25H31FN2O2.C4H6O4/c26-21-5-6-23(28-17-21)24(8-14-30-25(18-24)9-12-29-13-10-25)7-11-27-22-15-19-3-1-2-4-20(19)16-22;5-3(6)1-2-4(7)8/h1-6,17,22,27H,7-16,18H2;1-2H2,(H,5,6)(H,7,8)/t24-;/m1./s1. The summed E-state index contributed by atoms with van der Waals surface area (Å²) in [4.78, 5) is 23.8. The number of rotatable bonds is 8. The van der Waals surface area contributed by atoms with Gasteiger partial charge in [-0.05, 0) is 74.8 Å². The lowest BCUT2D eigenvalue weighted by Gasteiger charge is -2.49. The predicted octanol–water partition coefficient (Wildman–Crippen LogP) is 3.90. The third-order valence-corrected chi connectivity index (χ3v) is 7.96. The minimum absolute atomic E-state index is 0.0816. The molecule has 38 heavy (non-hydrogen) atoms. The van der Waals surface area contributed by atoms with E-state index in [4.69, 9.17) is 19.7 Å². The maximum absolute atomic E-state index is 13.6. The molecule has 1 aromatic carbocycles. The van der Waals surface area contributed by atoms with Crippen LogP contribution in [0.15, 0.2) is 42.6 Å². The first-order chi connectivity index (χ1) is 18.3. The van der Waals surface area contributed by atoms with Crippen molar-refractivity contribution in [2.24, 2.45) is 0 Å². The first-order valence-electron chi connectivity index (χ1n) is 13.4. The number of nitrogens with zero attached hydrogens (tertiary/aromatic N) is 1. The Hall–Kier alpha value is -2.88. The fourth-order valence-corrected chi connectivity index (χ4v) is 5.97. The normalized spacial score (nSPS) is 22.3. The number of ether oxygens (including phenoxy) is 2. The maximum Gasteiger partial charge on any atom is 0.303 e. The van der Waals surface area contributed by atoms with Crippen LogP contribution < -0.4 is 5.32 Å². The van der Waals surface area contributed by atoms with Gasteiger partial charge in [0.15, 0.2) is 0 Å². The highest BCUT2D eigenvalue weighted by molar-refractivity contribution is 5.75. The Kier molecular flexibility index (Phi) is 9.46. The zero-order chi connectivity index (χ0) is 27.0. The van der Waals surface area contributed by atoms with Gasteiger partial charge in [-0.1, -0.05) is 24.3 Å². The van der Waals surface area contributed by atoms with E-state index in [2.05, 4.69) is 34.6 Å². The molecule has 1 aliphatic carbocycles. The van der Waals surface area contributed by atoms with Crippen LogP contribution in [0, 0.1) is 5.82 Å². The Bertz CT molecular complexity index is 1040. The van der Waals surface area contributed by atoms with E-state index in [1.54, 1.807) is 6.07 Å². The van der Waals surface area contributed by atoms with Gasteiger partial charge in [0.25, 0.3) is 0 Å². The van der Waals surface area contributed by atoms with Crippen molar-refractivity contribution in [1.29, 1.82) is 0 Å². The Morgan fingerprint density at radius 2 is 1.63 bits per heavy atom. The van der Waals surface area contributed by atoms with Crippen LogP contribution in [0.4, 0.5) is 4.39 Å². The molecule has 2 fully saturated rings.